The quantitative estimate of drug-likeness (QED) is 0.850. The zero-order chi connectivity index (χ0) is 12.3. The molecule has 0 saturated heterocycles. The maximum absolute atomic E-state index is 4.04. The molecule has 0 fully saturated rings. The molecule has 0 bridgehead atoms. The van der Waals surface area contributed by atoms with Crippen LogP contribution in [0, 0.1) is 10.5 Å². The van der Waals surface area contributed by atoms with E-state index in [0.717, 1.165) is 0 Å². The molecule has 0 spiro atoms. The molecule has 0 aliphatic rings. The summed E-state index contributed by atoms with van der Waals surface area (Å²) in [7, 11) is 0. The van der Waals surface area contributed by atoms with Gasteiger partial charge in [0.05, 0.1) is 0 Å². The third-order valence-corrected chi connectivity index (χ3v) is 3.45. The Morgan fingerprint density at radius 2 is 1.88 bits per heavy atom. The van der Waals surface area contributed by atoms with Gasteiger partial charge in [-0.15, -0.1) is 0 Å². The Morgan fingerprint density at radius 3 is 2.59 bits per heavy atom. The maximum atomic E-state index is 4.04. The van der Waals surface area contributed by atoms with Gasteiger partial charge in [-0.05, 0) is 71.8 Å². The molecule has 0 aliphatic heterocycles. The van der Waals surface area contributed by atoms with Crippen molar-refractivity contribution in [3.05, 3.63) is 57.4 Å². The molecule has 1 N–H and O–H groups in total. The zero-order valence-electron chi connectivity index (χ0n) is 9.94. The number of nitrogens with one attached hydrogen (secondary N) is 1. The molecule has 1 aromatic heterocycles. The largest absolute Gasteiger partial charge is 0.378 e. The first kappa shape index (κ1) is 12.4. The highest BCUT2D eigenvalue weighted by Gasteiger charge is 2.06. The lowest BCUT2D eigenvalue weighted by atomic mass is 10.1. The van der Waals surface area contributed by atoms with Gasteiger partial charge in [0, 0.05) is 27.7 Å². The molecule has 0 amide bonds. The summed E-state index contributed by atoms with van der Waals surface area (Å²) in [5.74, 6) is 0. The van der Waals surface area contributed by atoms with Crippen molar-refractivity contribution in [3.8, 4) is 0 Å². The van der Waals surface area contributed by atoms with Crippen molar-refractivity contribution in [2.45, 2.75) is 19.9 Å². The van der Waals surface area contributed by atoms with Gasteiger partial charge in [0.1, 0.15) is 0 Å². The normalized spacial score (nSPS) is 12.2. The highest BCUT2D eigenvalue weighted by Crippen LogP contribution is 2.23. The van der Waals surface area contributed by atoms with E-state index in [1.54, 1.807) is 0 Å². The summed E-state index contributed by atoms with van der Waals surface area (Å²) in [6, 6.07) is 10.8. The first-order valence-corrected chi connectivity index (χ1v) is 6.67. The molecule has 0 radical (unpaired) electrons. The molecule has 1 heterocycles. The smallest absolute Gasteiger partial charge is 0.0486 e. The van der Waals surface area contributed by atoms with Crippen LogP contribution in [0.4, 0.5) is 5.69 Å². The number of anilines is 1. The van der Waals surface area contributed by atoms with Crippen molar-refractivity contribution in [1.82, 2.24) is 4.98 Å². The van der Waals surface area contributed by atoms with E-state index in [2.05, 4.69) is 64.9 Å². The fraction of sp³-hybridized carbons (Fsp3) is 0.214. The number of benzene rings is 1. The second-order valence-electron chi connectivity index (χ2n) is 4.11. The van der Waals surface area contributed by atoms with Crippen molar-refractivity contribution in [2.75, 3.05) is 5.32 Å². The van der Waals surface area contributed by atoms with Gasteiger partial charge in [-0.1, -0.05) is 6.07 Å². The molecule has 1 atom stereocenters. The van der Waals surface area contributed by atoms with Crippen molar-refractivity contribution < 1.29 is 0 Å². The molecule has 1 unspecified atom stereocenters. The lowest BCUT2D eigenvalue weighted by Gasteiger charge is -2.17. The number of aryl methyl sites for hydroxylation is 1. The average molecular weight is 338 g/mol. The first-order chi connectivity index (χ1) is 8.16. The molecule has 0 saturated carbocycles. The minimum atomic E-state index is 0.287. The van der Waals surface area contributed by atoms with E-state index in [1.165, 1.54) is 20.4 Å². The summed E-state index contributed by atoms with van der Waals surface area (Å²) in [5, 5.41) is 3.53. The fourth-order valence-electron chi connectivity index (χ4n) is 1.72. The van der Waals surface area contributed by atoms with Crippen LogP contribution >= 0.6 is 22.6 Å². The van der Waals surface area contributed by atoms with Gasteiger partial charge in [0.15, 0.2) is 0 Å². The standard InChI is InChI=1S/C14H15IN2/c1-10-3-4-13(15)9-14(10)17-11(2)12-5-7-16-8-6-12/h3-9,11,17H,1-2H3. The minimum Gasteiger partial charge on any atom is -0.378 e. The molecule has 2 aromatic rings. The summed E-state index contributed by atoms with van der Waals surface area (Å²) in [4.78, 5) is 4.04. The van der Waals surface area contributed by atoms with E-state index >= 15 is 0 Å². The summed E-state index contributed by atoms with van der Waals surface area (Å²) in [5.41, 5.74) is 3.71. The Morgan fingerprint density at radius 1 is 1.18 bits per heavy atom. The van der Waals surface area contributed by atoms with Crippen LogP contribution in [0.5, 0.6) is 0 Å². The maximum Gasteiger partial charge on any atom is 0.0486 e. The van der Waals surface area contributed by atoms with Crippen LogP contribution in [0.15, 0.2) is 42.7 Å². The van der Waals surface area contributed by atoms with Crippen LogP contribution in [0.3, 0.4) is 0 Å². The molecular weight excluding hydrogens is 323 g/mol. The molecule has 1 aromatic carbocycles. The fourth-order valence-corrected chi connectivity index (χ4v) is 2.21. The number of pyridine rings is 1. The molecular formula is C14H15IN2. The molecule has 0 aliphatic carbocycles. The second kappa shape index (κ2) is 5.49. The van der Waals surface area contributed by atoms with Crippen molar-refractivity contribution in [2.24, 2.45) is 0 Å². The molecule has 17 heavy (non-hydrogen) atoms. The monoisotopic (exact) mass is 338 g/mol. The summed E-state index contributed by atoms with van der Waals surface area (Å²) < 4.78 is 1.25. The number of aromatic nitrogens is 1. The summed E-state index contributed by atoms with van der Waals surface area (Å²) in [6.45, 7) is 4.28. The Balaban J connectivity index is 2.18. The third-order valence-electron chi connectivity index (χ3n) is 2.78. The zero-order valence-corrected chi connectivity index (χ0v) is 12.1. The van der Waals surface area contributed by atoms with Crippen molar-refractivity contribution in [3.63, 3.8) is 0 Å². The number of halogens is 1. The van der Waals surface area contributed by atoms with Crippen molar-refractivity contribution >= 4 is 28.3 Å². The average Bonchev–Trinajstić information content (AvgIpc) is 2.35. The number of hydrogen-bond donors (Lipinski definition) is 1. The van der Waals surface area contributed by atoms with Crippen LogP contribution in [-0.2, 0) is 0 Å². The Hall–Kier alpha value is -1.10. The van der Waals surface area contributed by atoms with E-state index in [-0.39, 0.29) is 6.04 Å². The predicted octanol–water partition coefficient (Wildman–Crippen LogP) is 4.17. The molecule has 2 nitrogen and oxygen atoms in total. The topological polar surface area (TPSA) is 24.9 Å². The summed E-state index contributed by atoms with van der Waals surface area (Å²) >= 11 is 2.33. The minimum absolute atomic E-state index is 0.287. The van der Waals surface area contributed by atoms with E-state index in [9.17, 15) is 0 Å². The van der Waals surface area contributed by atoms with Crippen LogP contribution in [0.25, 0.3) is 0 Å². The second-order valence-corrected chi connectivity index (χ2v) is 5.35. The number of nitrogens with zero attached hydrogens (tertiary/aromatic N) is 1. The van der Waals surface area contributed by atoms with E-state index in [0.29, 0.717) is 0 Å². The van der Waals surface area contributed by atoms with E-state index in [1.807, 2.05) is 24.5 Å². The van der Waals surface area contributed by atoms with Gasteiger partial charge in [-0.25, -0.2) is 0 Å². The van der Waals surface area contributed by atoms with Gasteiger partial charge < -0.3 is 5.32 Å². The van der Waals surface area contributed by atoms with Gasteiger partial charge in [-0.2, -0.15) is 0 Å². The molecule has 88 valence electrons. The van der Waals surface area contributed by atoms with Crippen LogP contribution < -0.4 is 5.32 Å². The molecule has 3 heteroatoms. The van der Waals surface area contributed by atoms with Gasteiger partial charge in [0.2, 0.25) is 0 Å². The Kier molecular flexibility index (Phi) is 3.99. The Bertz CT molecular complexity index is 497. The van der Waals surface area contributed by atoms with E-state index in [4.69, 9.17) is 0 Å². The lowest BCUT2D eigenvalue weighted by molar-refractivity contribution is 0.878. The summed E-state index contributed by atoms with van der Waals surface area (Å²) in [6.07, 6.45) is 3.66. The van der Waals surface area contributed by atoms with Crippen LogP contribution in [0.2, 0.25) is 0 Å². The lowest BCUT2D eigenvalue weighted by Crippen LogP contribution is -2.07. The van der Waals surface area contributed by atoms with Crippen molar-refractivity contribution in [1.29, 1.82) is 0 Å². The number of rotatable bonds is 3. The highest BCUT2D eigenvalue weighted by atomic mass is 127. The number of hydrogen-bond acceptors (Lipinski definition) is 2. The van der Waals surface area contributed by atoms with E-state index < -0.39 is 0 Å². The highest BCUT2D eigenvalue weighted by molar-refractivity contribution is 14.1. The Labute approximate surface area is 116 Å². The third kappa shape index (κ3) is 3.19. The van der Waals surface area contributed by atoms with Gasteiger partial charge >= 0.3 is 0 Å². The first-order valence-electron chi connectivity index (χ1n) is 5.59. The van der Waals surface area contributed by atoms with Crippen LogP contribution in [-0.4, -0.2) is 4.98 Å². The van der Waals surface area contributed by atoms with Gasteiger partial charge in [0.25, 0.3) is 0 Å². The predicted molar refractivity (Wildman–Crippen MR) is 80.2 cm³/mol. The van der Waals surface area contributed by atoms with Crippen LogP contribution in [0.1, 0.15) is 24.1 Å². The van der Waals surface area contributed by atoms with Gasteiger partial charge in [-0.3, -0.25) is 4.98 Å². The SMILES string of the molecule is Cc1ccc(I)cc1NC(C)c1ccncc1. The molecule has 2 rings (SSSR count).